The predicted molar refractivity (Wildman–Crippen MR) is 88.7 cm³/mol. The van der Waals surface area contributed by atoms with Crippen LogP contribution < -0.4 is 10.4 Å². The Morgan fingerprint density at radius 2 is 1.74 bits per heavy atom. The summed E-state index contributed by atoms with van der Waals surface area (Å²) < 4.78 is 11.7. The molecule has 4 nitrogen and oxygen atoms in total. The van der Waals surface area contributed by atoms with E-state index in [1.807, 2.05) is 30.3 Å². The van der Waals surface area contributed by atoms with Gasteiger partial charge in [-0.3, -0.25) is 4.79 Å². The molecule has 0 aliphatic carbocycles. The van der Waals surface area contributed by atoms with Crippen molar-refractivity contribution in [2.45, 2.75) is 12.3 Å². The van der Waals surface area contributed by atoms with Gasteiger partial charge in [0.1, 0.15) is 5.58 Å². The lowest BCUT2D eigenvalue weighted by Crippen LogP contribution is -2.26. The maximum absolute atomic E-state index is 12.5. The number of carbonyl (C=O) groups excluding carboxylic acids is 1. The Labute approximate surface area is 139 Å². The fourth-order valence-corrected chi connectivity index (χ4v) is 3.21. The predicted octanol–water partition coefficient (Wildman–Crippen LogP) is 4.00. The second-order valence-electron chi connectivity index (χ2n) is 5.41. The van der Waals surface area contributed by atoms with Crippen molar-refractivity contribution in [3.63, 3.8) is 0 Å². The third-order valence-corrected chi connectivity index (χ3v) is 4.54. The zero-order chi connectivity index (χ0) is 16.0. The molecule has 0 fully saturated rings. The summed E-state index contributed by atoms with van der Waals surface area (Å²) in [6, 6.07) is 14.6. The van der Waals surface area contributed by atoms with Gasteiger partial charge in [0.15, 0.2) is 5.75 Å². The molecule has 0 saturated carbocycles. The van der Waals surface area contributed by atoms with Crippen molar-refractivity contribution >= 4 is 32.9 Å². The second-order valence-corrected chi connectivity index (χ2v) is 6.33. The molecular formula is C18H11BrO4. The molecule has 3 aromatic rings. The first-order chi connectivity index (χ1) is 11.1. The molecule has 1 aliphatic rings. The number of hydrogen-bond acceptors (Lipinski definition) is 4. The summed E-state index contributed by atoms with van der Waals surface area (Å²) in [5.74, 6) is -0.387. The molecule has 2 heterocycles. The molecule has 1 aromatic heterocycles. The SMILES string of the molecule is O=C1C[C@@H](c2ccc(Br)cc2)c2c(c3ccccc3oc2=O)O1. The summed E-state index contributed by atoms with van der Waals surface area (Å²) >= 11 is 3.39. The van der Waals surface area contributed by atoms with E-state index in [1.165, 1.54) is 0 Å². The van der Waals surface area contributed by atoms with Crippen LogP contribution in [0.1, 0.15) is 23.5 Å². The zero-order valence-corrected chi connectivity index (χ0v) is 13.5. The van der Waals surface area contributed by atoms with Gasteiger partial charge < -0.3 is 9.15 Å². The Morgan fingerprint density at radius 3 is 2.52 bits per heavy atom. The molecule has 0 N–H and O–H groups in total. The van der Waals surface area contributed by atoms with Gasteiger partial charge in [0.25, 0.3) is 0 Å². The number of ether oxygens (including phenoxy) is 1. The Bertz CT molecular complexity index is 972. The topological polar surface area (TPSA) is 56.5 Å². The van der Waals surface area contributed by atoms with Gasteiger partial charge in [-0.05, 0) is 29.8 Å². The highest BCUT2D eigenvalue weighted by molar-refractivity contribution is 9.10. The van der Waals surface area contributed by atoms with Gasteiger partial charge in [0, 0.05) is 10.4 Å². The molecule has 4 rings (SSSR count). The monoisotopic (exact) mass is 370 g/mol. The summed E-state index contributed by atoms with van der Waals surface area (Å²) in [5.41, 5.74) is 1.25. The first kappa shape index (κ1) is 14.2. The Morgan fingerprint density at radius 1 is 1.00 bits per heavy atom. The van der Waals surface area contributed by atoms with Crippen molar-refractivity contribution in [1.29, 1.82) is 0 Å². The Kier molecular flexibility index (Phi) is 3.31. The van der Waals surface area contributed by atoms with Crippen LogP contribution in [0.15, 0.2) is 62.2 Å². The van der Waals surface area contributed by atoms with Crippen LogP contribution in [0.2, 0.25) is 0 Å². The van der Waals surface area contributed by atoms with Crippen LogP contribution in [0.3, 0.4) is 0 Å². The van der Waals surface area contributed by atoms with E-state index >= 15 is 0 Å². The number of fused-ring (bicyclic) bond motifs is 3. The van der Waals surface area contributed by atoms with Crippen LogP contribution in [0.5, 0.6) is 5.75 Å². The molecular weight excluding hydrogens is 360 g/mol. The highest BCUT2D eigenvalue weighted by Crippen LogP contribution is 2.40. The van der Waals surface area contributed by atoms with E-state index in [2.05, 4.69) is 15.9 Å². The number of halogens is 1. The molecule has 0 saturated heterocycles. The van der Waals surface area contributed by atoms with Crippen LogP contribution in [-0.4, -0.2) is 5.97 Å². The molecule has 0 spiro atoms. The summed E-state index contributed by atoms with van der Waals surface area (Å²) in [5, 5.41) is 0.636. The molecule has 1 atom stereocenters. The summed E-state index contributed by atoms with van der Waals surface area (Å²) in [7, 11) is 0. The molecule has 23 heavy (non-hydrogen) atoms. The van der Waals surface area contributed by atoms with E-state index in [1.54, 1.807) is 18.2 Å². The molecule has 5 heteroatoms. The molecule has 2 aromatic carbocycles. The second kappa shape index (κ2) is 5.35. The van der Waals surface area contributed by atoms with Crippen molar-refractivity contribution in [3.8, 4) is 5.75 Å². The van der Waals surface area contributed by atoms with E-state index < -0.39 is 5.63 Å². The molecule has 0 bridgehead atoms. The Hall–Kier alpha value is -2.40. The minimum atomic E-state index is -0.459. The normalized spacial score (nSPS) is 16.9. The highest BCUT2D eigenvalue weighted by atomic mass is 79.9. The maximum atomic E-state index is 12.5. The van der Waals surface area contributed by atoms with Gasteiger partial charge in [-0.25, -0.2) is 4.79 Å². The first-order valence-corrected chi connectivity index (χ1v) is 7.94. The van der Waals surface area contributed by atoms with E-state index in [-0.39, 0.29) is 18.3 Å². The molecule has 114 valence electrons. The minimum absolute atomic E-state index is 0.123. The number of rotatable bonds is 1. The van der Waals surface area contributed by atoms with Crippen molar-refractivity contribution in [2.75, 3.05) is 0 Å². The number of benzene rings is 2. The summed E-state index contributed by atoms with van der Waals surface area (Å²) in [4.78, 5) is 24.5. The van der Waals surface area contributed by atoms with E-state index in [9.17, 15) is 9.59 Å². The minimum Gasteiger partial charge on any atom is -0.425 e. The van der Waals surface area contributed by atoms with E-state index in [4.69, 9.17) is 9.15 Å². The smallest absolute Gasteiger partial charge is 0.343 e. The quantitative estimate of drug-likeness (QED) is 0.479. The lowest BCUT2D eigenvalue weighted by atomic mass is 9.87. The largest absolute Gasteiger partial charge is 0.425 e. The number of esters is 1. The third kappa shape index (κ3) is 2.37. The summed E-state index contributed by atoms with van der Waals surface area (Å²) in [6.07, 6.45) is 0.123. The van der Waals surface area contributed by atoms with Crippen molar-refractivity contribution in [3.05, 3.63) is 74.6 Å². The van der Waals surface area contributed by atoms with Gasteiger partial charge >= 0.3 is 11.6 Å². The lowest BCUT2D eigenvalue weighted by Gasteiger charge is -2.24. The fourth-order valence-electron chi connectivity index (χ4n) is 2.95. The van der Waals surface area contributed by atoms with Crippen LogP contribution in [0, 0.1) is 0 Å². The van der Waals surface area contributed by atoms with Gasteiger partial charge in [-0.2, -0.15) is 0 Å². The molecule has 0 unspecified atom stereocenters. The van der Waals surface area contributed by atoms with Crippen LogP contribution in [0.4, 0.5) is 0 Å². The van der Waals surface area contributed by atoms with Crippen molar-refractivity contribution in [1.82, 2.24) is 0 Å². The van der Waals surface area contributed by atoms with Crippen molar-refractivity contribution < 1.29 is 13.9 Å². The molecule has 0 radical (unpaired) electrons. The molecule has 1 aliphatic heterocycles. The van der Waals surface area contributed by atoms with Gasteiger partial charge in [-0.1, -0.05) is 40.2 Å². The van der Waals surface area contributed by atoms with Crippen molar-refractivity contribution in [2.24, 2.45) is 0 Å². The zero-order valence-electron chi connectivity index (χ0n) is 11.9. The van der Waals surface area contributed by atoms with E-state index in [0.29, 0.717) is 22.3 Å². The van der Waals surface area contributed by atoms with E-state index in [0.717, 1.165) is 10.0 Å². The fraction of sp³-hybridized carbons (Fsp3) is 0.111. The van der Waals surface area contributed by atoms with Crippen LogP contribution in [0.25, 0.3) is 11.0 Å². The standard InChI is InChI=1S/C18H11BrO4/c19-11-7-5-10(6-8-11)13-9-15(20)23-17-12-3-1-2-4-14(12)22-18(21)16(13)17/h1-8,13H,9H2/t13-/m0/s1. The Balaban J connectivity index is 2.00. The molecule has 0 amide bonds. The third-order valence-electron chi connectivity index (χ3n) is 4.01. The highest BCUT2D eigenvalue weighted by Gasteiger charge is 2.33. The average molecular weight is 371 g/mol. The van der Waals surface area contributed by atoms with Gasteiger partial charge in [0.05, 0.1) is 17.4 Å². The summed E-state index contributed by atoms with van der Waals surface area (Å²) in [6.45, 7) is 0. The van der Waals surface area contributed by atoms with Gasteiger partial charge in [0.2, 0.25) is 0 Å². The average Bonchev–Trinajstić information content (AvgIpc) is 2.55. The number of para-hydroxylation sites is 1. The maximum Gasteiger partial charge on any atom is 0.343 e. The lowest BCUT2D eigenvalue weighted by molar-refractivity contribution is -0.135. The van der Waals surface area contributed by atoms with Crippen LogP contribution in [-0.2, 0) is 4.79 Å². The number of hydrogen-bond donors (Lipinski definition) is 0. The first-order valence-electron chi connectivity index (χ1n) is 7.15. The van der Waals surface area contributed by atoms with Gasteiger partial charge in [-0.15, -0.1) is 0 Å². The number of carbonyl (C=O) groups is 1. The van der Waals surface area contributed by atoms with Crippen LogP contribution >= 0.6 is 15.9 Å².